The van der Waals surface area contributed by atoms with Crippen LogP contribution in [0.4, 0.5) is 0 Å². The second-order valence-electron chi connectivity index (χ2n) is 8.09. The van der Waals surface area contributed by atoms with Crippen LogP contribution in [0.15, 0.2) is 0 Å². The summed E-state index contributed by atoms with van der Waals surface area (Å²) < 4.78 is 10.1. The standard InChI is InChI=1S/C19H27N3O14/c23-4-8-17(31)21-7(16(30)20-6(19(33)34)1-2-10(24)25)3-11(26)35-5-9-12(27)13(28)14(29)15(36-9)18(32)22-8/h6-9,12-15,23,27-29H,1-5H2,(H,20,30)(H,21,31)(H,22,32)(H,24,25)(H,33,34)/t6-,7-,8+,9-,12+,13+,14-,15+/m0/s1. The number of aliphatic carboxylic acids is 2. The number of nitrogens with one attached hydrogen (secondary N) is 3. The maximum atomic E-state index is 12.7. The number of hydrogen-bond donors (Lipinski definition) is 9. The summed E-state index contributed by atoms with van der Waals surface area (Å²) in [6.07, 6.45) is -11.0. The van der Waals surface area contributed by atoms with Crippen LogP contribution in [0.1, 0.15) is 19.3 Å². The van der Waals surface area contributed by atoms with Crippen molar-refractivity contribution in [2.75, 3.05) is 13.2 Å². The molecule has 0 aromatic heterocycles. The van der Waals surface area contributed by atoms with Gasteiger partial charge in [-0.1, -0.05) is 0 Å². The summed E-state index contributed by atoms with van der Waals surface area (Å²) in [4.78, 5) is 72.3. The van der Waals surface area contributed by atoms with E-state index in [2.05, 4.69) is 5.32 Å². The second kappa shape index (κ2) is 12.5. The summed E-state index contributed by atoms with van der Waals surface area (Å²) >= 11 is 0. The number of rotatable bonds is 7. The number of cyclic esters (lactones) is 1. The number of aliphatic hydroxyl groups is 4. The molecule has 2 heterocycles. The van der Waals surface area contributed by atoms with Crippen LogP contribution in [0.5, 0.6) is 0 Å². The van der Waals surface area contributed by atoms with Crippen LogP contribution in [0, 0.1) is 0 Å². The SMILES string of the molecule is O=C(O)CC[C@H](NC(=O)[C@@H]1CC(=O)OC[C@@H]2O[C@@H](C(=O)N[C@H](CO)C(=O)N1)[C@@H](O)[C@H](O)[C@@H]2O)C(=O)O. The number of amides is 3. The van der Waals surface area contributed by atoms with Gasteiger partial charge in [-0.25, -0.2) is 4.79 Å². The van der Waals surface area contributed by atoms with Crippen LogP contribution in [-0.2, 0) is 38.2 Å². The number of hydrogen-bond acceptors (Lipinski definition) is 12. The van der Waals surface area contributed by atoms with E-state index in [-0.39, 0.29) is 0 Å². The molecular formula is C19H27N3O14. The van der Waals surface area contributed by atoms with Gasteiger partial charge in [-0.3, -0.25) is 24.0 Å². The number of fused-ring (bicyclic) bond motifs is 2. The summed E-state index contributed by atoms with van der Waals surface area (Å²) in [5.41, 5.74) is 0. The van der Waals surface area contributed by atoms with Crippen molar-refractivity contribution in [2.24, 2.45) is 0 Å². The molecular weight excluding hydrogens is 494 g/mol. The molecule has 2 rings (SSSR count). The Morgan fingerprint density at radius 2 is 1.67 bits per heavy atom. The van der Waals surface area contributed by atoms with Gasteiger partial charge in [-0.2, -0.15) is 0 Å². The van der Waals surface area contributed by atoms with Crippen molar-refractivity contribution < 1.29 is 68.9 Å². The average molecular weight is 521 g/mol. The molecule has 0 saturated carbocycles. The molecule has 0 radical (unpaired) electrons. The maximum Gasteiger partial charge on any atom is 0.326 e. The number of esters is 1. The van der Waals surface area contributed by atoms with E-state index in [1.165, 1.54) is 0 Å². The molecule has 17 nitrogen and oxygen atoms in total. The highest BCUT2D eigenvalue weighted by Gasteiger charge is 2.48. The fourth-order valence-corrected chi connectivity index (χ4v) is 3.43. The van der Waals surface area contributed by atoms with E-state index >= 15 is 0 Å². The molecule has 8 atom stereocenters. The lowest BCUT2D eigenvalue weighted by Crippen LogP contribution is -2.64. The van der Waals surface area contributed by atoms with E-state index in [0.29, 0.717) is 0 Å². The number of aliphatic hydroxyl groups excluding tert-OH is 4. The van der Waals surface area contributed by atoms with E-state index in [4.69, 9.17) is 14.6 Å². The predicted molar refractivity (Wildman–Crippen MR) is 110 cm³/mol. The fraction of sp³-hybridized carbons (Fsp3) is 0.684. The Labute approximate surface area is 202 Å². The van der Waals surface area contributed by atoms with Crippen LogP contribution in [0.3, 0.4) is 0 Å². The first kappa shape index (κ1) is 28.9. The van der Waals surface area contributed by atoms with E-state index in [1.54, 1.807) is 0 Å². The third-order valence-electron chi connectivity index (χ3n) is 5.46. The molecule has 2 bridgehead atoms. The van der Waals surface area contributed by atoms with Gasteiger partial charge in [0, 0.05) is 6.42 Å². The summed E-state index contributed by atoms with van der Waals surface area (Å²) in [6, 6.07) is -5.22. The van der Waals surface area contributed by atoms with Gasteiger partial charge in [0.1, 0.15) is 49.1 Å². The normalized spacial score (nSPS) is 32.3. The minimum Gasteiger partial charge on any atom is -0.481 e. The van der Waals surface area contributed by atoms with Gasteiger partial charge in [0.2, 0.25) is 11.8 Å². The van der Waals surface area contributed by atoms with Crippen LogP contribution in [0.2, 0.25) is 0 Å². The molecule has 2 saturated heterocycles. The molecule has 0 aliphatic carbocycles. The monoisotopic (exact) mass is 521 g/mol. The third kappa shape index (κ3) is 7.31. The number of carbonyl (C=O) groups excluding carboxylic acids is 4. The average Bonchev–Trinajstić information content (AvgIpc) is 2.82. The fourth-order valence-electron chi connectivity index (χ4n) is 3.43. The molecule has 0 unspecified atom stereocenters. The van der Waals surface area contributed by atoms with Gasteiger partial charge < -0.3 is 56.1 Å². The Bertz CT molecular complexity index is 881. The van der Waals surface area contributed by atoms with Crippen molar-refractivity contribution in [2.45, 2.75) is 67.9 Å². The van der Waals surface area contributed by atoms with Crippen LogP contribution in [0.25, 0.3) is 0 Å². The topological polar surface area (TPSA) is 278 Å². The van der Waals surface area contributed by atoms with Crippen LogP contribution < -0.4 is 16.0 Å². The van der Waals surface area contributed by atoms with Crippen molar-refractivity contribution in [3.8, 4) is 0 Å². The lowest BCUT2D eigenvalue weighted by atomic mass is 9.94. The number of carboxylic acid groups (broad SMARTS) is 2. The van der Waals surface area contributed by atoms with Gasteiger partial charge in [0.15, 0.2) is 6.10 Å². The van der Waals surface area contributed by atoms with Crippen molar-refractivity contribution in [3.05, 3.63) is 0 Å². The molecule has 17 heteroatoms. The lowest BCUT2D eigenvalue weighted by molar-refractivity contribution is -0.229. The Kier molecular flexibility index (Phi) is 10.1. The molecule has 9 N–H and O–H groups in total. The zero-order valence-electron chi connectivity index (χ0n) is 18.6. The highest BCUT2D eigenvalue weighted by atomic mass is 16.6. The van der Waals surface area contributed by atoms with Gasteiger partial charge >= 0.3 is 17.9 Å². The lowest BCUT2D eigenvalue weighted by Gasteiger charge is -2.39. The van der Waals surface area contributed by atoms with Gasteiger partial charge in [0.05, 0.1) is 13.0 Å². The van der Waals surface area contributed by atoms with Gasteiger partial charge in [-0.05, 0) is 6.42 Å². The molecule has 202 valence electrons. The molecule has 0 spiro atoms. The Balaban J connectivity index is 2.29. The minimum atomic E-state index is -1.95. The van der Waals surface area contributed by atoms with Crippen molar-refractivity contribution in [1.82, 2.24) is 16.0 Å². The molecule has 2 aliphatic heterocycles. The third-order valence-corrected chi connectivity index (χ3v) is 5.46. The van der Waals surface area contributed by atoms with Crippen molar-refractivity contribution >= 4 is 35.6 Å². The molecule has 36 heavy (non-hydrogen) atoms. The first-order chi connectivity index (χ1) is 16.8. The highest BCUT2D eigenvalue weighted by molar-refractivity contribution is 5.96. The van der Waals surface area contributed by atoms with Gasteiger partial charge in [-0.15, -0.1) is 0 Å². The van der Waals surface area contributed by atoms with E-state index in [9.17, 15) is 54.3 Å². The zero-order valence-corrected chi connectivity index (χ0v) is 18.6. The number of carbonyl (C=O) groups is 6. The Hall–Kier alpha value is -3.38. The molecule has 2 fully saturated rings. The van der Waals surface area contributed by atoms with Crippen LogP contribution in [-0.4, -0.2) is 128 Å². The minimum absolute atomic E-state index is 0.514. The summed E-state index contributed by atoms with van der Waals surface area (Å²) in [5.74, 6) is -7.66. The Morgan fingerprint density at radius 3 is 2.25 bits per heavy atom. The van der Waals surface area contributed by atoms with E-state index < -0.39 is 117 Å². The molecule has 0 aromatic rings. The Morgan fingerprint density at radius 1 is 1.00 bits per heavy atom. The number of ether oxygens (including phenoxy) is 2. The van der Waals surface area contributed by atoms with Crippen LogP contribution >= 0.6 is 0 Å². The summed E-state index contributed by atoms with van der Waals surface area (Å²) in [6.45, 7) is -1.76. The smallest absolute Gasteiger partial charge is 0.326 e. The molecule has 3 amide bonds. The molecule has 2 aliphatic rings. The van der Waals surface area contributed by atoms with Gasteiger partial charge in [0.25, 0.3) is 5.91 Å². The molecule has 0 aromatic carbocycles. The number of carboxylic acids is 2. The predicted octanol–water partition coefficient (Wildman–Crippen LogP) is -5.82. The quantitative estimate of drug-likeness (QED) is 0.141. The van der Waals surface area contributed by atoms with E-state index in [0.717, 1.165) is 0 Å². The van der Waals surface area contributed by atoms with E-state index in [1.807, 2.05) is 10.6 Å². The first-order valence-corrected chi connectivity index (χ1v) is 10.7. The zero-order chi connectivity index (χ0) is 27.2. The largest absolute Gasteiger partial charge is 0.481 e. The van der Waals surface area contributed by atoms with Crippen molar-refractivity contribution in [3.63, 3.8) is 0 Å². The van der Waals surface area contributed by atoms with Crippen molar-refractivity contribution in [1.29, 1.82) is 0 Å². The maximum absolute atomic E-state index is 12.7. The second-order valence-corrected chi connectivity index (χ2v) is 8.09. The highest BCUT2D eigenvalue weighted by Crippen LogP contribution is 2.22. The first-order valence-electron chi connectivity index (χ1n) is 10.7. The summed E-state index contributed by atoms with van der Waals surface area (Å²) in [7, 11) is 0. The summed E-state index contributed by atoms with van der Waals surface area (Å²) in [5, 5.41) is 63.8.